The van der Waals surface area contributed by atoms with Crippen molar-refractivity contribution < 1.29 is 8.42 Å². The summed E-state index contributed by atoms with van der Waals surface area (Å²) in [6, 6.07) is 0.0367. The van der Waals surface area contributed by atoms with Crippen LogP contribution in [0, 0.1) is 23.2 Å². The normalized spacial score (nSPS) is 44.2. The van der Waals surface area contributed by atoms with Crippen molar-refractivity contribution in [2.24, 2.45) is 23.2 Å². The maximum Gasteiger partial charge on any atom is 0.225 e. The highest BCUT2D eigenvalue weighted by molar-refractivity contribution is 7.90. The van der Waals surface area contributed by atoms with Gasteiger partial charge in [0, 0.05) is 6.04 Å². The van der Waals surface area contributed by atoms with E-state index in [-0.39, 0.29) is 16.7 Å². The first-order chi connectivity index (χ1) is 8.42. The lowest BCUT2D eigenvalue weighted by molar-refractivity contribution is -0.0665. The Morgan fingerprint density at radius 3 is 2.00 bits per heavy atom. The summed E-state index contributed by atoms with van der Waals surface area (Å²) >= 11 is 5.49. The van der Waals surface area contributed by atoms with Gasteiger partial charge in [-0.15, -0.1) is 11.6 Å². The molecule has 104 valence electrons. The molecule has 4 aliphatic rings. The van der Waals surface area contributed by atoms with Crippen LogP contribution in [0.3, 0.4) is 0 Å². The summed E-state index contributed by atoms with van der Waals surface area (Å²) < 4.78 is 26.1. The number of hydrogen-bond donors (Lipinski definition) is 1. The second-order valence-electron chi connectivity index (χ2n) is 6.84. The van der Waals surface area contributed by atoms with Crippen LogP contribution >= 0.6 is 11.6 Å². The monoisotopic (exact) mass is 291 g/mol. The van der Waals surface area contributed by atoms with E-state index in [1.165, 1.54) is 38.5 Å². The molecule has 1 N–H and O–H groups in total. The topological polar surface area (TPSA) is 46.2 Å². The molecule has 4 rings (SSSR count). The predicted molar refractivity (Wildman–Crippen MR) is 72.8 cm³/mol. The molecule has 4 fully saturated rings. The maximum atomic E-state index is 11.7. The van der Waals surface area contributed by atoms with Crippen molar-refractivity contribution in [1.82, 2.24) is 4.72 Å². The highest BCUT2D eigenvalue weighted by atomic mass is 35.5. The predicted octanol–water partition coefficient (Wildman–Crippen LogP) is 2.71. The molecule has 0 amide bonds. The van der Waals surface area contributed by atoms with Gasteiger partial charge in [-0.05, 0) is 68.6 Å². The highest BCUT2D eigenvalue weighted by Gasteiger charge is 2.53. The molecule has 0 radical (unpaired) electrons. The first-order valence-electron chi connectivity index (χ1n) is 6.98. The minimum Gasteiger partial charge on any atom is -0.211 e. The third-order valence-electron chi connectivity index (χ3n) is 5.50. The van der Waals surface area contributed by atoms with Gasteiger partial charge >= 0.3 is 0 Å². The first kappa shape index (κ1) is 13.2. The Morgan fingerprint density at radius 1 is 1.17 bits per heavy atom. The fourth-order valence-corrected chi connectivity index (χ4v) is 6.17. The summed E-state index contributed by atoms with van der Waals surface area (Å²) in [5, 5.41) is -0.330. The Bertz CT molecular complexity index is 399. The fourth-order valence-electron chi connectivity index (χ4n) is 5.13. The molecule has 1 atom stereocenters. The van der Waals surface area contributed by atoms with Crippen molar-refractivity contribution in [2.75, 3.05) is 5.21 Å². The molecule has 4 bridgehead atoms. The molecule has 1 unspecified atom stereocenters. The van der Waals surface area contributed by atoms with Gasteiger partial charge in [0.25, 0.3) is 0 Å². The van der Waals surface area contributed by atoms with Gasteiger partial charge in [-0.2, -0.15) is 0 Å². The molecule has 0 aromatic rings. The lowest BCUT2D eigenvalue weighted by Crippen LogP contribution is -2.55. The van der Waals surface area contributed by atoms with Crippen LogP contribution in [0.25, 0.3) is 0 Å². The quantitative estimate of drug-likeness (QED) is 0.810. The average molecular weight is 292 g/mol. The van der Waals surface area contributed by atoms with E-state index in [0.717, 1.165) is 17.8 Å². The molecule has 0 aromatic carbocycles. The maximum absolute atomic E-state index is 11.7. The van der Waals surface area contributed by atoms with Crippen LogP contribution in [0.1, 0.15) is 45.4 Å². The van der Waals surface area contributed by atoms with Crippen molar-refractivity contribution >= 4 is 21.6 Å². The van der Waals surface area contributed by atoms with Crippen LogP contribution in [0.15, 0.2) is 0 Å². The summed E-state index contributed by atoms with van der Waals surface area (Å²) in [4.78, 5) is 0. The molecule has 0 spiro atoms. The highest BCUT2D eigenvalue weighted by Crippen LogP contribution is 2.61. The lowest BCUT2D eigenvalue weighted by atomic mass is 9.48. The Kier molecular flexibility index (Phi) is 3.19. The Morgan fingerprint density at radius 2 is 1.61 bits per heavy atom. The van der Waals surface area contributed by atoms with Gasteiger partial charge in [-0.25, -0.2) is 13.1 Å². The van der Waals surface area contributed by atoms with Gasteiger partial charge in [0.2, 0.25) is 10.0 Å². The zero-order chi connectivity index (χ0) is 13.0. The second kappa shape index (κ2) is 4.35. The van der Waals surface area contributed by atoms with Crippen molar-refractivity contribution in [1.29, 1.82) is 0 Å². The van der Waals surface area contributed by atoms with Gasteiger partial charge < -0.3 is 0 Å². The van der Waals surface area contributed by atoms with Crippen molar-refractivity contribution in [3.05, 3.63) is 0 Å². The third-order valence-corrected chi connectivity index (χ3v) is 7.37. The van der Waals surface area contributed by atoms with Crippen LogP contribution in [0.4, 0.5) is 0 Å². The van der Waals surface area contributed by atoms with E-state index in [0.29, 0.717) is 0 Å². The Balaban J connectivity index is 1.79. The summed E-state index contributed by atoms with van der Waals surface area (Å²) in [5.74, 6) is 2.54. The van der Waals surface area contributed by atoms with Crippen molar-refractivity contribution in [2.45, 2.75) is 51.5 Å². The molecule has 18 heavy (non-hydrogen) atoms. The molecular formula is C13H22ClNO2S. The van der Waals surface area contributed by atoms with E-state index in [2.05, 4.69) is 4.72 Å². The van der Waals surface area contributed by atoms with Crippen LogP contribution in [-0.4, -0.2) is 19.7 Å². The fraction of sp³-hybridized carbons (Fsp3) is 1.00. The summed E-state index contributed by atoms with van der Waals surface area (Å²) in [5.41, 5.74) is 0.216. The van der Waals surface area contributed by atoms with E-state index < -0.39 is 10.0 Å². The van der Waals surface area contributed by atoms with E-state index in [4.69, 9.17) is 11.6 Å². The molecule has 5 heteroatoms. The largest absolute Gasteiger partial charge is 0.225 e. The number of nitrogens with one attached hydrogen (secondary N) is 1. The molecule has 0 saturated heterocycles. The van der Waals surface area contributed by atoms with E-state index in [9.17, 15) is 8.42 Å². The van der Waals surface area contributed by atoms with Crippen LogP contribution in [0.5, 0.6) is 0 Å². The van der Waals surface area contributed by atoms with E-state index in [1.807, 2.05) is 6.92 Å². The average Bonchev–Trinajstić information content (AvgIpc) is 2.26. The molecule has 3 nitrogen and oxygen atoms in total. The number of halogens is 1. The summed E-state index contributed by atoms with van der Waals surface area (Å²) in [6.45, 7) is 2.04. The second-order valence-corrected chi connectivity index (χ2v) is 9.18. The summed E-state index contributed by atoms with van der Waals surface area (Å²) in [6.07, 6.45) is 7.79. The zero-order valence-corrected chi connectivity index (χ0v) is 12.4. The molecule has 0 aromatic heterocycles. The van der Waals surface area contributed by atoms with Crippen LogP contribution in [-0.2, 0) is 10.0 Å². The molecule has 0 aliphatic heterocycles. The molecule has 4 saturated carbocycles. The third kappa shape index (κ3) is 2.20. The molecule has 0 heterocycles. The van der Waals surface area contributed by atoms with Crippen molar-refractivity contribution in [3.8, 4) is 0 Å². The van der Waals surface area contributed by atoms with E-state index in [1.54, 1.807) is 0 Å². The zero-order valence-electron chi connectivity index (χ0n) is 10.9. The van der Waals surface area contributed by atoms with Crippen molar-refractivity contribution in [3.63, 3.8) is 0 Å². The molecule has 4 aliphatic carbocycles. The SMILES string of the molecule is CC(NS(=O)(=O)CCl)C12CC3CC(CC(C3)C1)C2. The standard InChI is InChI=1S/C13H22ClNO2S/c1-9(15-18(16,17)8-14)13-5-10-2-11(6-13)4-12(3-10)7-13/h9-12,15H,2-8H2,1H3. The van der Waals surface area contributed by atoms with Crippen LogP contribution < -0.4 is 4.72 Å². The minimum absolute atomic E-state index is 0.0367. The number of sulfonamides is 1. The van der Waals surface area contributed by atoms with Crippen LogP contribution in [0.2, 0.25) is 0 Å². The van der Waals surface area contributed by atoms with Gasteiger partial charge in [-0.1, -0.05) is 0 Å². The van der Waals surface area contributed by atoms with Gasteiger partial charge in [-0.3, -0.25) is 0 Å². The number of hydrogen-bond acceptors (Lipinski definition) is 2. The molecular weight excluding hydrogens is 270 g/mol. The lowest BCUT2D eigenvalue weighted by Gasteiger charge is -2.59. The van der Waals surface area contributed by atoms with Gasteiger partial charge in [0.15, 0.2) is 0 Å². The summed E-state index contributed by atoms with van der Waals surface area (Å²) in [7, 11) is -3.30. The number of alkyl halides is 1. The van der Waals surface area contributed by atoms with Gasteiger partial charge in [0.05, 0.1) is 0 Å². The smallest absolute Gasteiger partial charge is 0.211 e. The minimum atomic E-state index is -3.30. The number of rotatable bonds is 4. The van der Waals surface area contributed by atoms with Gasteiger partial charge in [0.1, 0.15) is 5.21 Å². The first-order valence-corrected chi connectivity index (χ1v) is 9.17. The van der Waals surface area contributed by atoms with E-state index >= 15 is 0 Å². The Labute approximate surface area is 115 Å². The Hall–Kier alpha value is 0.200.